The van der Waals surface area contributed by atoms with Crippen molar-refractivity contribution in [3.63, 3.8) is 0 Å². The number of fused-ring (bicyclic) bond motifs is 2. The highest BCUT2D eigenvalue weighted by atomic mass is 35.5. The van der Waals surface area contributed by atoms with E-state index in [0.717, 1.165) is 18.5 Å². The molecule has 0 unspecified atom stereocenters. The SMILES string of the molecule is Cl.O=C(Nc1ccc2c(c1F)CCNC2)c1ccc2c(c1)OCCCO2. The Morgan fingerprint density at radius 2 is 1.92 bits per heavy atom. The molecule has 0 fully saturated rings. The van der Waals surface area contributed by atoms with E-state index >= 15 is 0 Å². The third kappa shape index (κ3) is 3.61. The van der Waals surface area contributed by atoms with Crippen LogP contribution in [0.3, 0.4) is 0 Å². The van der Waals surface area contributed by atoms with Gasteiger partial charge in [-0.3, -0.25) is 4.79 Å². The van der Waals surface area contributed by atoms with Crippen LogP contribution < -0.4 is 20.1 Å². The van der Waals surface area contributed by atoms with Crippen molar-refractivity contribution in [2.75, 3.05) is 25.1 Å². The Kier molecular flexibility index (Phi) is 5.64. The smallest absolute Gasteiger partial charge is 0.255 e. The van der Waals surface area contributed by atoms with Gasteiger partial charge in [-0.2, -0.15) is 0 Å². The highest BCUT2D eigenvalue weighted by Crippen LogP contribution is 2.31. The Balaban J connectivity index is 0.00000196. The molecule has 2 heterocycles. The first-order chi connectivity index (χ1) is 12.2. The van der Waals surface area contributed by atoms with Crippen LogP contribution in [0.2, 0.25) is 0 Å². The maximum atomic E-state index is 14.7. The van der Waals surface area contributed by atoms with Gasteiger partial charge in [-0.15, -0.1) is 12.4 Å². The van der Waals surface area contributed by atoms with E-state index < -0.39 is 0 Å². The van der Waals surface area contributed by atoms with E-state index in [0.29, 0.717) is 48.8 Å². The van der Waals surface area contributed by atoms with Crippen molar-refractivity contribution < 1.29 is 18.7 Å². The standard InChI is InChI=1S/C19H19FN2O3.ClH/c20-18-14-6-7-21-11-13(14)2-4-15(18)22-19(23)12-3-5-16-17(10-12)25-9-1-8-24-16;/h2-5,10,21H,1,6-9,11H2,(H,22,23);1H. The summed E-state index contributed by atoms with van der Waals surface area (Å²) in [5, 5.41) is 5.88. The van der Waals surface area contributed by atoms with Gasteiger partial charge in [0.25, 0.3) is 5.91 Å². The minimum atomic E-state index is -0.372. The second kappa shape index (κ2) is 7.93. The third-order valence-corrected chi connectivity index (χ3v) is 4.47. The number of carbonyl (C=O) groups excluding carboxylic acids is 1. The number of amides is 1. The molecule has 4 rings (SSSR count). The van der Waals surface area contributed by atoms with Crippen LogP contribution in [0.4, 0.5) is 10.1 Å². The normalized spacial score (nSPS) is 15.3. The molecule has 2 aliphatic heterocycles. The number of hydrogen-bond acceptors (Lipinski definition) is 4. The van der Waals surface area contributed by atoms with Crippen molar-refractivity contribution in [2.24, 2.45) is 0 Å². The molecule has 2 aromatic carbocycles. The second-order valence-electron chi connectivity index (χ2n) is 6.16. The van der Waals surface area contributed by atoms with Gasteiger partial charge >= 0.3 is 0 Å². The van der Waals surface area contributed by atoms with Gasteiger partial charge in [-0.05, 0) is 48.4 Å². The van der Waals surface area contributed by atoms with Crippen LogP contribution in [0.15, 0.2) is 30.3 Å². The van der Waals surface area contributed by atoms with Crippen molar-refractivity contribution in [1.82, 2.24) is 5.32 Å². The lowest BCUT2D eigenvalue weighted by atomic mass is 9.99. The fraction of sp³-hybridized carbons (Fsp3) is 0.316. The summed E-state index contributed by atoms with van der Waals surface area (Å²) in [7, 11) is 0. The van der Waals surface area contributed by atoms with Crippen LogP contribution in [0.25, 0.3) is 0 Å². The van der Waals surface area contributed by atoms with Crippen LogP contribution in [-0.4, -0.2) is 25.7 Å². The predicted octanol–water partition coefficient (Wildman–Crippen LogP) is 3.31. The van der Waals surface area contributed by atoms with Crippen LogP contribution in [-0.2, 0) is 13.0 Å². The zero-order chi connectivity index (χ0) is 17.2. The number of anilines is 1. The lowest BCUT2D eigenvalue weighted by Gasteiger charge is -2.19. The fourth-order valence-corrected chi connectivity index (χ4v) is 3.13. The van der Waals surface area contributed by atoms with Gasteiger partial charge in [0.1, 0.15) is 5.82 Å². The summed E-state index contributed by atoms with van der Waals surface area (Å²) in [4.78, 5) is 12.5. The largest absolute Gasteiger partial charge is 0.490 e. The maximum Gasteiger partial charge on any atom is 0.255 e. The molecule has 0 atom stereocenters. The van der Waals surface area contributed by atoms with Gasteiger partial charge in [-0.25, -0.2) is 4.39 Å². The first-order valence-electron chi connectivity index (χ1n) is 8.44. The summed E-state index contributed by atoms with van der Waals surface area (Å²) >= 11 is 0. The minimum Gasteiger partial charge on any atom is -0.490 e. The van der Waals surface area contributed by atoms with E-state index in [1.165, 1.54) is 0 Å². The fourth-order valence-electron chi connectivity index (χ4n) is 3.13. The number of nitrogens with one attached hydrogen (secondary N) is 2. The summed E-state index contributed by atoms with van der Waals surface area (Å²) in [5.74, 6) is 0.453. The molecule has 0 bridgehead atoms. The maximum absolute atomic E-state index is 14.7. The number of benzene rings is 2. The van der Waals surface area contributed by atoms with E-state index in [1.54, 1.807) is 24.3 Å². The van der Waals surface area contributed by atoms with Crippen LogP contribution in [0.1, 0.15) is 27.9 Å². The van der Waals surface area contributed by atoms with E-state index in [2.05, 4.69) is 10.6 Å². The molecule has 5 nitrogen and oxygen atoms in total. The zero-order valence-corrected chi connectivity index (χ0v) is 15.0. The van der Waals surface area contributed by atoms with Crippen LogP contribution >= 0.6 is 12.4 Å². The number of hydrogen-bond donors (Lipinski definition) is 2. The molecule has 0 spiro atoms. The Bertz CT molecular complexity index is 829. The first-order valence-corrected chi connectivity index (χ1v) is 8.44. The van der Waals surface area contributed by atoms with Crippen LogP contribution in [0.5, 0.6) is 11.5 Å². The van der Waals surface area contributed by atoms with Gasteiger partial charge in [-0.1, -0.05) is 6.07 Å². The molecular weight excluding hydrogens is 359 g/mol. The molecule has 0 saturated carbocycles. The number of rotatable bonds is 2. The molecule has 0 aliphatic carbocycles. The highest BCUT2D eigenvalue weighted by molar-refractivity contribution is 6.04. The summed E-state index contributed by atoms with van der Waals surface area (Å²) in [6.45, 7) is 2.53. The summed E-state index contributed by atoms with van der Waals surface area (Å²) in [6, 6.07) is 8.47. The molecule has 2 N–H and O–H groups in total. The third-order valence-electron chi connectivity index (χ3n) is 4.47. The molecular formula is C19H20ClFN2O3. The Hall–Kier alpha value is -2.31. The van der Waals surface area contributed by atoms with Crippen molar-refractivity contribution in [2.45, 2.75) is 19.4 Å². The zero-order valence-electron chi connectivity index (χ0n) is 14.1. The number of halogens is 2. The number of ether oxygens (including phenoxy) is 2. The molecule has 0 aromatic heterocycles. The van der Waals surface area contributed by atoms with Crippen molar-refractivity contribution in [1.29, 1.82) is 0 Å². The van der Waals surface area contributed by atoms with Crippen molar-refractivity contribution >= 4 is 24.0 Å². The highest BCUT2D eigenvalue weighted by Gasteiger charge is 2.19. The molecule has 2 aromatic rings. The molecule has 0 radical (unpaired) electrons. The molecule has 2 aliphatic rings. The Labute approximate surface area is 157 Å². The summed E-state index contributed by atoms with van der Waals surface area (Å²) in [5.41, 5.74) is 2.23. The average molecular weight is 379 g/mol. The number of carbonyl (C=O) groups is 1. The average Bonchev–Trinajstić information content (AvgIpc) is 2.89. The monoisotopic (exact) mass is 378 g/mol. The second-order valence-corrected chi connectivity index (χ2v) is 6.16. The van der Waals surface area contributed by atoms with E-state index in [9.17, 15) is 9.18 Å². The lowest BCUT2D eigenvalue weighted by Crippen LogP contribution is -2.25. The van der Waals surface area contributed by atoms with E-state index in [1.807, 2.05) is 6.07 Å². The summed E-state index contributed by atoms with van der Waals surface area (Å²) in [6.07, 6.45) is 1.42. The van der Waals surface area contributed by atoms with E-state index in [-0.39, 0.29) is 29.8 Å². The van der Waals surface area contributed by atoms with Gasteiger partial charge in [0.2, 0.25) is 0 Å². The topological polar surface area (TPSA) is 59.6 Å². The Morgan fingerprint density at radius 3 is 2.77 bits per heavy atom. The predicted molar refractivity (Wildman–Crippen MR) is 99.1 cm³/mol. The summed E-state index contributed by atoms with van der Waals surface area (Å²) < 4.78 is 25.8. The van der Waals surface area contributed by atoms with E-state index in [4.69, 9.17) is 9.47 Å². The Morgan fingerprint density at radius 1 is 1.12 bits per heavy atom. The molecule has 138 valence electrons. The van der Waals surface area contributed by atoms with Gasteiger partial charge in [0.05, 0.1) is 18.9 Å². The van der Waals surface area contributed by atoms with Gasteiger partial charge in [0, 0.05) is 18.5 Å². The van der Waals surface area contributed by atoms with Crippen molar-refractivity contribution in [3.05, 3.63) is 52.8 Å². The first kappa shape index (κ1) is 18.5. The molecule has 1 amide bonds. The molecule has 26 heavy (non-hydrogen) atoms. The molecule has 0 saturated heterocycles. The van der Waals surface area contributed by atoms with Crippen molar-refractivity contribution in [3.8, 4) is 11.5 Å². The van der Waals surface area contributed by atoms with Gasteiger partial charge < -0.3 is 20.1 Å². The minimum absolute atomic E-state index is 0. The lowest BCUT2D eigenvalue weighted by molar-refractivity contribution is 0.102. The van der Waals surface area contributed by atoms with Gasteiger partial charge in [0.15, 0.2) is 11.5 Å². The molecule has 7 heteroatoms. The quantitative estimate of drug-likeness (QED) is 0.841. The van der Waals surface area contributed by atoms with Crippen LogP contribution in [0, 0.1) is 5.82 Å².